The predicted molar refractivity (Wildman–Crippen MR) is 195 cm³/mol. The van der Waals surface area contributed by atoms with Crippen molar-refractivity contribution in [1.29, 1.82) is 0 Å². The molecule has 1 saturated heterocycles. The zero-order valence-electron chi connectivity index (χ0n) is 29.2. The van der Waals surface area contributed by atoms with Crippen LogP contribution in [0.25, 0.3) is 21.9 Å². The fraction of sp³-hybridized carbons (Fsp3) is 0.244. The van der Waals surface area contributed by atoms with Gasteiger partial charge in [0.25, 0.3) is 0 Å². The van der Waals surface area contributed by atoms with Gasteiger partial charge in [-0.1, -0.05) is 60.7 Å². The monoisotopic (exact) mass is 734 g/mol. The van der Waals surface area contributed by atoms with Gasteiger partial charge >= 0.3 is 5.97 Å². The highest BCUT2D eigenvalue weighted by Gasteiger charge is 2.45. The molecule has 13 nitrogen and oxygen atoms in total. The van der Waals surface area contributed by atoms with E-state index in [0.29, 0.717) is 16.7 Å². The lowest BCUT2D eigenvalue weighted by molar-refractivity contribution is -0.268. The third-order valence-electron chi connectivity index (χ3n) is 9.89. The van der Waals surface area contributed by atoms with Gasteiger partial charge in [0.2, 0.25) is 6.29 Å². The number of aromatic hydroxyl groups is 1. The quantitative estimate of drug-likeness (QED) is 0.0678. The molecule has 5 aromatic rings. The first-order chi connectivity index (χ1) is 25.8. The molecule has 5 atom stereocenters. The Kier molecular flexibility index (Phi) is 9.81. The maximum absolute atomic E-state index is 14.9. The topological polar surface area (TPSA) is 232 Å². The summed E-state index contributed by atoms with van der Waals surface area (Å²) in [6.45, 7) is 1.94. The van der Waals surface area contributed by atoms with Crippen LogP contribution in [-0.2, 0) is 22.6 Å². The van der Waals surface area contributed by atoms with Crippen LogP contribution in [0.5, 0.6) is 17.2 Å². The molecular formula is C41H38N2O11. The van der Waals surface area contributed by atoms with Gasteiger partial charge in [-0.3, -0.25) is 14.4 Å². The van der Waals surface area contributed by atoms with E-state index in [2.05, 4.69) is 0 Å². The smallest absolute Gasteiger partial charge is 0.308 e. The standard InChI is InChI=1S/C41H38N2O11/c1-18-34(46)38(50)39(51)41(52-18)54-28-16-27-32(35(47)26(28)13-20-6-5-9-24(12-20)40(42)43)37(49)31-25(17-44)15-29(53-19(2)45)30(33(31)36(27)48)23-11-10-21-7-3-4-8-22(21)14-23/h3-12,14-16,18,34,38-41,44,46-47,50-51H,13,17,42-43H2,1-2H3. The molecule has 0 aromatic heterocycles. The van der Waals surface area contributed by atoms with Gasteiger partial charge in [-0.25, -0.2) is 0 Å². The lowest BCUT2D eigenvalue weighted by Gasteiger charge is -2.39. The Morgan fingerprint density at radius 1 is 0.815 bits per heavy atom. The van der Waals surface area contributed by atoms with Gasteiger partial charge in [-0.05, 0) is 58.1 Å². The average Bonchev–Trinajstić information content (AvgIpc) is 3.15. The maximum Gasteiger partial charge on any atom is 0.308 e. The van der Waals surface area contributed by atoms with E-state index >= 15 is 0 Å². The molecule has 9 N–H and O–H groups in total. The normalized spacial score (nSPS) is 20.9. The fourth-order valence-corrected chi connectivity index (χ4v) is 7.17. The average molecular weight is 735 g/mol. The molecule has 5 unspecified atom stereocenters. The van der Waals surface area contributed by atoms with Gasteiger partial charge in [-0.2, -0.15) is 0 Å². The molecule has 7 rings (SSSR count). The number of phenols is 1. The molecule has 54 heavy (non-hydrogen) atoms. The van der Waals surface area contributed by atoms with E-state index in [1.54, 1.807) is 36.4 Å². The Labute approximate surface area is 308 Å². The summed E-state index contributed by atoms with van der Waals surface area (Å²) in [5.41, 5.74) is 12.5. The lowest BCUT2D eigenvalue weighted by atomic mass is 9.76. The van der Waals surface area contributed by atoms with Crippen molar-refractivity contribution in [2.24, 2.45) is 11.5 Å². The number of ketones is 2. The third kappa shape index (κ3) is 6.41. The number of hydrogen-bond acceptors (Lipinski definition) is 13. The van der Waals surface area contributed by atoms with E-state index in [0.717, 1.165) is 10.8 Å². The first-order valence-electron chi connectivity index (χ1n) is 17.2. The van der Waals surface area contributed by atoms with Crippen LogP contribution in [0.1, 0.15) is 74.1 Å². The van der Waals surface area contributed by atoms with Gasteiger partial charge in [-0.15, -0.1) is 0 Å². The maximum atomic E-state index is 14.9. The minimum atomic E-state index is -1.75. The zero-order valence-corrected chi connectivity index (χ0v) is 29.2. The largest absolute Gasteiger partial charge is 0.507 e. The summed E-state index contributed by atoms with van der Waals surface area (Å²) in [5, 5.41) is 55.9. The van der Waals surface area contributed by atoms with Crippen molar-refractivity contribution in [2.45, 2.75) is 63.7 Å². The van der Waals surface area contributed by atoms with Gasteiger partial charge in [0.1, 0.15) is 35.6 Å². The molecule has 1 heterocycles. The van der Waals surface area contributed by atoms with Crippen molar-refractivity contribution < 1.29 is 54.1 Å². The Morgan fingerprint density at radius 3 is 2.26 bits per heavy atom. The van der Waals surface area contributed by atoms with Crippen molar-refractivity contribution >= 4 is 28.3 Å². The number of rotatable bonds is 8. The summed E-state index contributed by atoms with van der Waals surface area (Å²) >= 11 is 0. The predicted octanol–water partition coefficient (Wildman–Crippen LogP) is 3.12. The molecule has 1 aliphatic heterocycles. The van der Waals surface area contributed by atoms with Crippen LogP contribution in [0.3, 0.4) is 0 Å². The lowest BCUT2D eigenvalue weighted by Crippen LogP contribution is -2.58. The molecular weight excluding hydrogens is 696 g/mol. The van der Waals surface area contributed by atoms with Crippen LogP contribution in [0, 0.1) is 0 Å². The highest BCUT2D eigenvalue weighted by Crippen LogP contribution is 2.47. The van der Waals surface area contributed by atoms with Crippen LogP contribution >= 0.6 is 0 Å². The summed E-state index contributed by atoms with van der Waals surface area (Å²) in [6, 6.07) is 22.2. The second-order valence-corrected chi connectivity index (χ2v) is 13.5. The van der Waals surface area contributed by atoms with Crippen LogP contribution in [0.15, 0.2) is 78.9 Å². The first kappa shape index (κ1) is 36.8. The van der Waals surface area contributed by atoms with Crippen LogP contribution in [0.4, 0.5) is 0 Å². The zero-order chi connectivity index (χ0) is 38.6. The van der Waals surface area contributed by atoms with E-state index in [-0.39, 0.29) is 56.9 Å². The number of ether oxygens (including phenoxy) is 3. The van der Waals surface area contributed by atoms with Gasteiger partial charge < -0.3 is 51.2 Å². The number of fused-ring (bicyclic) bond motifs is 3. The van der Waals surface area contributed by atoms with Gasteiger partial charge in [0.15, 0.2) is 11.6 Å². The third-order valence-corrected chi connectivity index (χ3v) is 9.89. The molecule has 1 fully saturated rings. The van der Waals surface area contributed by atoms with Crippen molar-refractivity contribution in [3.05, 3.63) is 123 Å². The summed E-state index contributed by atoms with van der Waals surface area (Å²) in [6.07, 6.45) is -8.32. The highest BCUT2D eigenvalue weighted by atomic mass is 16.7. The molecule has 278 valence electrons. The molecule has 2 aliphatic rings. The number of esters is 1. The van der Waals surface area contributed by atoms with Crippen molar-refractivity contribution in [1.82, 2.24) is 0 Å². The number of nitrogens with two attached hydrogens (primary N) is 2. The second-order valence-electron chi connectivity index (χ2n) is 13.5. The Balaban J connectivity index is 1.46. The van der Waals surface area contributed by atoms with Crippen molar-refractivity contribution in [2.75, 3.05) is 0 Å². The van der Waals surface area contributed by atoms with E-state index in [1.807, 2.05) is 30.3 Å². The summed E-state index contributed by atoms with van der Waals surface area (Å²) in [5.74, 6) is -3.12. The summed E-state index contributed by atoms with van der Waals surface area (Å²) in [4.78, 5) is 41.9. The number of carbonyl (C=O) groups is 3. The Bertz CT molecular complexity index is 2340. The van der Waals surface area contributed by atoms with Crippen LogP contribution in [-0.4, -0.2) is 73.8 Å². The van der Waals surface area contributed by atoms with E-state index in [9.17, 15) is 39.9 Å². The van der Waals surface area contributed by atoms with Crippen LogP contribution < -0.4 is 20.9 Å². The van der Waals surface area contributed by atoms with Crippen molar-refractivity contribution in [3.63, 3.8) is 0 Å². The number of hydrogen-bond donors (Lipinski definition) is 7. The van der Waals surface area contributed by atoms with Gasteiger partial charge in [0.05, 0.1) is 24.4 Å². The molecule has 5 aromatic carbocycles. The number of aliphatic hydroxyl groups excluding tert-OH is 4. The number of phenolic OH excluding ortho intramolecular Hbond substituents is 1. The summed E-state index contributed by atoms with van der Waals surface area (Å²) in [7, 11) is 0. The van der Waals surface area contributed by atoms with E-state index in [4.69, 9.17) is 25.7 Å². The highest BCUT2D eigenvalue weighted by molar-refractivity contribution is 6.32. The second kappa shape index (κ2) is 14.4. The molecule has 0 radical (unpaired) electrons. The molecule has 0 bridgehead atoms. The SMILES string of the molecule is CC(=O)Oc1cc(CO)c2c(c1-c1ccc3ccccc3c1)C(=O)c1cc(OC3OC(C)C(O)C(O)C3O)c(Cc3cccc(C(N)N)c3)c(O)c1C2=O. The fourth-order valence-electron chi connectivity index (χ4n) is 7.17. The van der Waals surface area contributed by atoms with Crippen LogP contribution in [0.2, 0.25) is 0 Å². The Hall–Kier alpha value is -5.51. The number of aliphatic hydroxyl groups is 4. The van der Waals surface area contributed by atoms with Crippen molar-refractivity contribution in [3.8, 4) is 28.4 Å². The molecule has 0 spiro atoms. The molecule has 13 heteroatoms. The van der Waals surface area contributed by atoms with E-state index < -0.39 is 66.8 Å². The first-order valence-corrected chi connectivity index (χ1v) is 17.2. The molecule has 0 saturated carbocycles. The number of carbonyl (C=O) groups excluding carboxylic acids is 3. The van der Waals surface area contributed by atoms with E-state index in [1.165, 1.54) is 26.0 Å². The number of benzene rings is 5. The minimum Gasteiger partial charge on any atom is -0.507 e. The molecule has 0 amide bonds. The summed E-state index contributed by atoms with van der Waals surface area (Å²) < 4.78 is 17.4. The van der Waals surface area contributed by atoms with Gasteiger partial charge in [0, 0.05) is 41.2 Å². The Morgan fingerprint density at radius 2 is 1.56 bits per heavy atom. The molecule has 1 aliphatic carbocycles. The minimum absolute atomic E-state index is 0.0130.